The predicted octanol–water partition coefficient (Wildman–Crippen LogP) is 4.47. The van der Waals surface area contributed by atoms with Crippen LogP contribution in [-0.4, -0.2) is 61.5 Å². The number of methoxy groups -OCH3 is 1. The minimum absolute atomic E-state index is 0.0411. The van der Waals surface area contributed by atoms with Crippen molar-refractivity contribution in [1.82, 2.24) is 9.88 Å². The Kier molecular flexibility index (Phi) is 7.17. The summed E-state index contributed by atoms with van der Waals surface area (Å²) in [6, 6.07) is 9.59. The van der Waals surface area contributed by atoms with Crippen LogP contribution in [0.25, 0.3) is 11.1 Å². The molecule has 1 aromatic heterocycles. The second kappa shape index (κ2) is 10.1. The van der Waals surface area contributed by atoms with E-state index in [0.29, 0.717) is 49.6 Å². The monoisotopic (exact) mass is 488 g/mol. The minimum Gasteiger partial charge on any atom is -0.406 e. The van der Waals surface area contributed by atoms with Crippen molar-refractivity contribution in [2.75, 3.05) is 38.3 Å². The number of benzene rings is 1. The van der Waals surface area contributed by atoms with Gasteiger partial charge in [-0.05, 0) is 43.5 Å². The summed E-state index contributed by atoms with van der Waals surface area (Å²) in [6.07, 6.45) is -2.49. The van der Waals surface area contributed by atoms with Gasteiger partial charge < -0.3 is 19.3 Å². The van der Waals surface area contributed by atoms with E-state index in [1.54, 1.807) is 25.3 Å². The van der Waals surface area contributed by atoms with Crippen LogP contribution in [0.15, 0.2) is 30.3 Å². The molecule has 0 N–H and O–H groups in total. The Morgan fingerprint density at radius 2 is 1.94 bits per heavy atom. The standard InChI is InChI=1S/C25H27F3N4O3/c1-16-15-31(10-11-32(16)22(33)9-12-34-2)24-19(14-29)13-21(23(30-24)18-3-4-18)17-5-7-20(8-6-17)35-25(26,27)28/h5-8,13,16,18H,3-4,9-12,15H2,1-2H3/t16-/m1/s1. The van der Waals surface area contributed by atoms with Crippen LogP contribution in [0, 0.1) is 11.3 Å². The Morgan fingerprint density at radius 1 is 1.23 bits per heavy atom. The molecule has 1 amide bonds. The van der Waals surface area contributed by atoms with E-state index in [1.165, 1.54) is 12.1 Å². The normalized spacial score (nSPS) is 18.3. The van der Waals surface area contributed by atoms with Gasteiger partial charge in [-0.1, -0.05) is 12.1 Å². The summed E-state index contributed by atoms with van der Waals surface area (Å²) in [4.78, 5) is 21.3. The van der Waals surface area contributed by atoms with Gasteiger partial charge >= 0.3 is 6.36 Å². The zero-order valence-corrected chi connectivity index (χ0v) is 19.6. The highest BCUT2D eigenvalue weighted by atomic mass is 19.4. The number of hydrogen-bond donors (Lipinski definition) is 0. The smallest absolute Gasteiger partial charge is 0.406 e. The third-order valence-electron chi connectivity index (χ3n) is 6.28. The zero-order valence-electron chi connectivity index (χ0n) is 19.6. The first-order chi connectivity index (χ1) is 16.7. The highest BCUT2D eigenvalue weighted by molar-refractivity contribution is 5.77. The van der Waals surface area contributed by atoms with Gasteiger partial charge in [0, 0.05) is 44.3 Å². The topological polar surface area (TPSA) is 78.7 Å². The van der Waals surface area contributed by atoms with E-state index in [9.17, 15) is 23.2 Å². The maximum Gasteiger partial charge on any atom is 0.573 e. The number of alkyl halides is 3. The second-order valence-electron chi connectivity index (χ2n) is 8.88. The molecule has 1 aromatic carbocycles. The fourth-order valence-corrected chi connectivity index (χ4v) is 4.43. The fraction of sp³-hybridized carbons (Fsp3) is 0.480. The van der Waals surface area contributed by atoms with Crippen LogP contribution >= 0.6 is 0 Å². The first kappa shape index (κ1) is 24.8. The van der Waals surface area contributed by atoms with Gasteiger partial charge in [0.1, 0.15) is 17.6 Å². The van der Waals surface area contributed by atoms with Crippen LogP contribution in [0.5, 0.6) is 5.75 Å². The van der Waals surface area contributed by atoms with Crippen LogP contribution in [0.2, 0.25) is 0 Å². The van der Waals surface area contributed by atoms with Gasteiger partial charge in [-0.15, -0.1) is 13.2 Å². The van der Waals surface area contributed by atoms with Crippen molar-refractivity contribution in [2.24, 2.45) is 0 Å². The summed E-state index contributed by atoms with van der Waals surface area (Å²) in [7, 11) is 1.57. The number of pyridine rings is 1. The van der Waals surface area contributed by atoms with Gasteiger partial charge in [0.2, 0.25) is 5.91 Å². The van der Waals surface area contributed by atoms with Crippen molar-refractivity contribution in [3.8, 4) is 22.9 Å². The molecule has 2 heterocycles. The number of rotatable bonds is 7. The number of amides is 1. The van der Waals surface area contributed by atoms with E-state index in [0.717, 1.165) is 24.1 Å². The first-order valence-corrected chi connectivity index (χ1v) is 11.5. The number of anilines is 1. The highest BCUT2D eigenvalue weighted by Gasteiger charge is 2.34. The van der Waals surface area contributed by atoms with Gasteiger partial charge in [0.05, 0.1) is 24.3 Å². The fourth-order valence-electron chi connectivity index (χ4n) is 4.43. The van der Waals surface area contributed by atoms with Crippen molar-refractivity contribution >= 4 is 11.7 Å². The number of nitrogens with zero attached hydrogens (tertiary/aromatic N) is 4. The molecule has 2 fully saturated rings. The molecule has 1 atom stereocenters. The van der Waals surface area contributed by atoms with Crippen molar-refractivity contribution in [2.45, 2.75) is 44.5 Å². The number of halogens is 3. The molecule has 2 aliphatic rings. The Bertz CT molecular complexity index is 1110. The van der Waals surface area contributed by atoms with Crippen molar-refractivity contribution in [1.29, 1.82) is 5.26 Å². The molecule has 1 saturated heterocycles. The number of carbonyl (C=O) groups excluding carboxylic acids is 1. The molecule has 7 nitrogen and oxygen atoms in total. The number of carbonyl (C=O) groups is 1. The summed E-state index contributed by atoms with van der Waals surface area (Å²) in [5.41, 5.74) is 2.66. The highest BCUT2D eigenvalue weighted by Crippen LogP contribution is 2.45. The molecule has 1 saturated carbocycles. The molecule has 2 aromatic rings. The predicted molar refractivity (Wildman–Crippen MR) is 123 cm³/mol. The van der Waals surface area contributed by atoms with Crippen LogP contribution in [0.1, 0.15) is 43.4 Å². The van der Waals surface area contributed by atoms with Crippen molar-refractivity contribution < 1.29 is 27.4 Å². The molecule has 1 aliphatic carbocycles. The van der Waals surface area contributed by atoms with Gasteiger partial charge in [0.25, 0.3) is 0 Å². The summed E-state index contributed by atoms with van der Waals surface area (Å²) >= 11 is 0. The number of ether oxygens (including phenoxy) is 2. The quantitative estimate of drug-likeness (QED) is 0.572. The average Bonchev–Trinajstić information content (AvgIpc) is 3.66. The van der Waals surface area contributed by atoms with Crippen LogP contribution in [-0.2, 0) is 9.53 Å². The second-order valence-corrected chi connectivity index (χ2v) is 8.88. The van der Waals surface area contributed by atoms with Gasteiger partial charge in [-0.25, -0.2) is 4.98 Å². The number of aromatic nitrogens is 1. The number of piperazine rings is 1. The SMILES string of the molecule is COCCC(=O)N1CCN(c2nc(C3CC3)c(-c3ccc(OC(F)(F)F)cc3)cc2C#N)C[C@H]1C. The molecule has 186 valence electrons. The van der Waals surface area contributed by atoms with Crippen LogP contribution in [0.3, 0.4) is 0 Å². The Balaban J connectivity index is 1.60. The molecule has 35 heavy (non-hydrogen) atoms. The molecule has 0 bridgehead atoms. The lowest BCUT2D eigenvalue weighted by atomic mass is 9.99. The maximum atomic E-state index is 12.5. The molecule has 1 aliphatic heterocycles. The third-order valence-corrected chi connectivity index (χ3v) is 6.28. The molecule has 0 radical (unpaired) electrons. The van der Waals surface area contributed by atoms with E-state index in [2.05, 4.69) is 10.8 Å². The number of nitriles is 1. The summed E-state index contributed by atoms with van der Waals surface area (Å²) in [6.45, 7) is 3.98. The Morgan fingerprint density at radius 3 is 2.51 bits per heavy atom. The molecule has 10 heteroatoms. The van der Waals surface area contributed by atoms with E-state index in [-0.39, 0.29) is 23.6 Å². The molecule has 4 rings (SSSR count). The zero-order chi connectivity index (χ0) is 25.2. The number of hydrogen-bond acceptors (Lipinski definition) is 6. The lowest BCUT2D eigenvalue weighted by Crippen LogP contribution is -2.54. The van der Waals surface area contributed by atoms with Crippen molar-refractivity contribution in [3.63, 3.8) is 0 Å². The summed E-state index contributed by atoms with van der Waals surface area (Å²) in [5, 5.41) is 9.90. The largest absolute Gasteiger partial charge is 0.573 e. The van der Waals surface area contributed by atoms with Crippen LogP contribution < -0.4 is 9.64 Å². The third kappa shape index (κ3) is 5.85. The average molecular weight is 489 g/mol. The summed E-state index contributed by atoms with van der Waals surface area (Å²) in [5.74, 6) is 0.577. The van der Waals surface area contributed by atoms with E-state index in [4.69, 9.17) is 9.72 Å². The van der Waals surface area contributed by atoms with E-state index in [1.807, 2.05) is 16.7 Å². The lowest BCUT2D eigenvalue weighted by Gasteiger charge is -2.41. The van der Waals surface area contributed by atoms with Gasteiger partial charge in [-0.2, -0.15) is 5.26 Å². The molecule has 0 unspecified atom stereocenters. The maximum absolute atomic E-state index is 12.5. The Hall–Kier alpha value is -3.32. The van der Waals surface area contributed by atoms with E-state index >= 15 is 0 Å². The Labute approximate surface area is 202 Å². The minimum atomic E-state index is -4.76. The molecular formula is C25H27F3N4O3. The summed E-state index contributed by atoms with van der Waals surface area (Å²) < 4.78 is 46.5. The lowest BCUT2D eigenvalue weighted by molar-refractivity contribution is -0.274. The van der Waals surface area contributed by atoms with Crippen molar-refractivity contribution in [3.05, 3.63) is 41.6 Å². The van der Waals surface area contributed by atoms with Crippen LogP contribution in [0.4, 0.5) is 19.0 Å². The molecular weight excluding hydrogens is 461 g/mol. The van der Waals surface area contributed by atoms with E-state index < -0.39 is 6.36 Å². The van der Waals surface area contributed by atoms with Gasteiger partial charge in [-0.3, -0.25) is 4.79 Å². The van der Waals surface area contributed by atoms with Gasteiger partial charge in [0.15, 0.2) is 0 Å². The molecule has 0 spiro atoms. The first-order valence-electron chi connectivity index (χ1n) is 11.5.